The second kappa shape index (κ2) is 4.52. The summed E-state index contributed by atoms with van der Waals surface area (Å²) in [5, 5.41) is 12.3. The molecule has 2 N–H and O–H groups in total. The first kappa shape index (κ1) is 12.7. The lowest BCUT2D eigenvalue weighted by Crippen LogP contribution is -2.39. The van der Waals surface area contributed by atoms with Crippen molar-refractivity contribution in [2.24, 2.45) is 0 Å². The van der Waals surface area contributed by atoms with E-state index in [9.17, 15) is 9.90 Å². The summed E-state index contributed by atoms with van der Waals surface area (Å²) in [6.07, 6.45) is 1.14. The molecule has 0 fully saturated rings. The summed E-state index contributed by atoms with van der Waals surface area (Å²) in [5.41, 5.74) is 1.79. The van der Waals surface area contributed by atoms with Gasteiger partial charge in [0.25, 0.3) is 0 Å². The number of hydrogen-bond donors (Lipinski definition) is 2. The molecule has 1 aromatic rings. The first-order valence-electron chi connectivity index (χ1n) is 6.14. The van der Waals surface area contributed by atoms with Crippen LogP contribution in [0.3, 0.4) is 0 Å². The van der Waals surface area contributed by atoms with Crippen LogP contribution >= 0.6 is 0 Å². The van der Waals surface area contributed by atoms with Crippen LogP contribution in [0.2, 0.25) is 0 Å². The highest BCUT2D eigenvalue weighted by molar-refractivity contribution is 5.68. The van der Waals surface area contributed by atoms with Gasteiger partial charge in [0.1, 0.15) is 11.4 Å². The average molecular weight is 249 g/mol. The highest BCUT2D eigenvalue weighted by Gasteiger charge is 2.25. The molecule has 0 aliphatic heterocycles. The Balaban J connectivity index is 1.94. The normalized spacial score (nSPS) is 18.3. The van der Waals surface area contributed by atoms with Crippen LogP contribution in [-0.2, 0) is 17.6 Å². The molecule has 0 radical (unpaired) electrons. The van der Waals surface area contributed by atoms with E-state index in [-0.39, 0.29) is 17.9 Å². The fraction of sp³-hybridized carbons (Fsp3) is 0.500. The Morgan fingerprint density at radius 2 is 2.00 bits per heavy atom. The number of alkyl carbamates (subject to hydrolysis) is 1. The Bertz CT molecular complexity index is 463. The van der Waals surface area contributed by atoms with Gasteiger partial charge in [-0.1, -0.05) is 6.07 Å². The molecule has 4 heteroatoms. The number of rotatable bonds is 1. The summed E-state index contributed by atoms with van der Waals surface area (Å²) >= 11 is 0. The van der Waals surface area contributed by atoms with E-state index in [1.807, 2.05) is 26.8 Å². The molecule has 0 saturated carbocycles. The highest BCUT2D eigenvalue weighted by atomic mass is 16.6. The SMILES string of the molecule is CC(C)(C)OC(=O)NC1Cc2ccc(O)cc2C1. The van der Waals surface area contributed by atoms with Crippen molar-refractivity contribution < 1.29 is 14.6 Å². The van der Waals surface area contributed by atoms with E-state index in [0.717, 1.165) is 18.4 Å². The quantitative estimate of drug-likeness (QED) is 0.803. The van der Waals surface area contributed by atoms with Gasteiger partial charge in [-0.3, -0.25) is 0 Å². The number of benzene rings is 1. The minimum absolute atomic E-state index is 0.0525. The number of nitrogens with one attached hydrogen (secondary N) is 1. The van der Waals surface area contributed by atoms with Crippen molar-refractivity contribution in [2.75, 3.05) is 0 Å². The Labute approximate surface area is 107 Å². The van der Waals surface area contributed by atoms with E-state index >= 15 is 0 Å². The molecule has 1 aliphatic carbocycles. The molecule has 1 atom stereocenters. The number of fused-ring (bicyclic) bond motifs is 1. The van der Waals surface area contributed by atoms with Crippen molar-refractivity contribution in [1.29, 1.82) is 0 Å². The van der Waals surface area contributed by atoms with Gasteiger partial charge in [-0.15, -0.1) is 0 Å². The van der Waals surface area contributed by atoms with E-state index in [1.54, 1.807) is 12.1 Å². The molecule has 1 aromatic carbocycles. The van der Waals surface area contributed by atoms with Gasteiger partial charge in [-0.2, -0.15) is 0 Å². The molecule has 18 heavy (non-hydrogen) atoms. The van der Waals surface area contributed by atoms with Crippen molar-refractivity contribution in [3.63, 3.8) is 0 Å². The number of ether oxygens (including phenoxy) is 1. The number of phenols is 1. The molecule has 0 bridgehead atoms. The third-order valence-electron chi connectivity index (χ3n) is 2.84. The zero-order valence-corrected chi connectivity index (χ0v) is 11.0. The van der Waals surface area contributed by atoms with Crippen LogP contribution in [0.5, 0.6) is 5.75 Å². The summed E-state index contributed by atoms with van der Waals surface area (Å²) in [5.74, 6) is 0.270. The summed E-state index contributed by atoms with van der Waals surface area (Å²) in [6, 6.07) is 5.39. The predicted octanol–water partition coefficient (Wildman–Crippen LogP) is 2.38. The lowest BCUT2D eigenvalue weighted by Gasteiger charge is -2.21. The largest absolute Gasteiger partial charge is 0.508 e. The third kappa shape index (κ3) is 3.15. The van der Waals surface area contributed by atoms with Gasteiger partial charge >= 0.3 is 6.09 Å². The van der Waals surface area contributed by atoms with Gasteiger partial charge in [0, 0.05) is 6.04 Å². The molecular formula is C14H19NO3. The molecule has 2 rings (SSSR count). The number of amides is 1. The van der Waals surface area contributed by atoms with Crippen LogP contribution in [-0.4, -0.2) is 22.8 Å². The van der Waals surface area contributed by atoms with E-state index < -0.39 is 5.60 Å². The van der Waals surface area contributed by atoms with Crippen molar-refractivity contribution in [2.45, 2.75) is 45.3 Å². The van der Waals surface area contributed by atoms with Gasteiger partial charge in [0.15, 0.2) is 0 Å². The third-order valence-corrected chi connectivity index (χ3v) is 2.84. The van der Waals surface area contributed by atoms with Gasteiger partial charge in [0.2, 0.25) is 0 Å². The fourth-order valence-corrected chi connectivity index (χ4v) is 2.18. The Kier molecular flexibility index (Phi) is 3.20. The standard InChI is InChI=1S/C14H19NO3/c1-14(2,3)18-13(17)15-11-6-9-4-5-12(16)8-10(9)7-11/h4-5,8,11,16H,6-7H2,1-3H3,(H,15,17). The van der Waals surface area contributed by atoms with Crippen molar-refractivity contribution in [3.8, 4) is 5.75 Å². The van der Waals surface area contributed by atoms with Gasteiger partial charge in [-0.05, 0) is 56.9 Å². The van der Waals surface area contributed by atoms with Crippen molar-refractivity contribution in [1.82, 2.24) is 5.32 Å². The molecule has 0 spiro atoms. The molecule has 0 aromatic heterocycles. The van der Waals surface area contributed by atoms with Crippen LogP contribution < -0.4 is 5.32 Å². The molecule has 1 amide bonds. The van der Waals surface area contributed by atoms with E-state index in [2.05, 4.69) is 5.32 Å². The zero-order chi connectivity index (χ0) is 13.3. The second-order valence-corrected chi connectivity index (χ2v) is 5.70. The Hall–Kier alpha value is -1.71. The molecule has 4 nitrogen and oxygen atoms in total. The fourth-order valence-electron chi connectivity index (χ4n) is 2.18. The molecule has 1 aliphatic rings. The number of carbonyl (C=O) groups is 1. The lowest BCUT2D eigenvalue weighted by molar-refractivity contribution is 0.0506. The maximum Gasteiger partial charge on any atom is 0.407 e. The van der Waals surface area contributed by atoms with Gasteiger partial charge in [-0.25, -0.2) is 4.79 Å². The van der Waals surface area contributed by atoms with Crippen LogP contribution in [0.15, 0.2) is 18.2 Å². The maximum absolute atomic E-state index is 11.6. The van der Waals surface area contributed by atoms with Crippen molar-refractivity contribution >= 4 is 6.09 Å². The molecular weight excluding hydrogens is 230 g/mol. The van der Waals surface area contributed by atoms with Crippen LogP contribution in [0.4, 0.5) is 4.79 Å². The highest BCUT2D eigenvalue weighted by Crippen LogP contribution is 2.26. The number of carbonyl (C=O) groups excluding carboxylic acids is 1. The summed E-state index contributed by atoms with van der Waals surface area (Å²) < 4.78 is 5.22. The zero-order valence-electron chi connectivity index (χ0n) is 11.0. The van der Waals surface area contributed by atoms with Gasteiger partial charge in [0.05, 0.1) is 0 Å². The molecule has 1 unspecified atom stereocenters. The monoisotopic (exact) mass is 249 g/mol. The van der Waals surface area contributed by atoms with Crippen LogP contribution in [0.1, 0.15) is 31.9 Å². The number of hydrogen-bond acceptors (Lipinski definition) is 3. The number of aromatic hydroxyl groups is 1. The average Bonchev–Trinajstić information content (AvgIpc) is 2.55. The summed E-state index contributed by atoms with van der Waals surface area (Å²) in [6.45, 7) is 5.52. The molecule has 0 saturated heterocycles. The molecule has 0 heterocycles. The van der Waals surface area contributed by atoms with E-state index in [1.165, 1.54) is 5.56 Å². The number of phenolic OH excluding ortho intramolecular Hbond substituents is 1. The summed E-state index contributed by atoms with van der Waals surface area (Å²) in [7, 11) is 0. The Morgan fingerprint density at radius 1 is 1.33 bits per heavy atom. The van der Waals surface area contributed by atoms with E-state index in [4.69, 9.17) is 4.74 Å². The van der Waals surface area contributed by atoms with Crippen LogP contribution in [0.25, 0.3) is 0 Å². The second-order valence-electron chi connectivity index (χ2n) is 5.70. The Morgan fingerprint density at radius 3 is 2.67 bits per heavy atom. The lowest BCUT2D eigenvalue weighted by atomic mass is 10.1. The topological polar surface area (TPSA) is 58.6 Å². The van der Waals surface area contributed by atoms with E-state index in [0.29, 0.717) is 0 Å². The van der Waals surface area contributed by atoms with Gasteiger partial charge < -0.3 is 15.2 Å². The minimum Gasteiger partial charge on any atom is -0.508 e. The smallest absolute Gasteiger partial charge is 0.407 e. The summed E-state index contributed by atoms with van der Waals surface area (Å²) in [4.78, 5) is 11.6. The van der Waals surface area contributed by atoms with Crippen LogP contribution in [0, 0.1) is 0 Å². The maximum atomic E-state index is 11.6. The van der Waals surface area contributed by atoms with Crippen molar-refractivity contribution in [3.05, 3.63) is 29.3 Å². The predicted molar refractivity (Wildman–Crippen MR) is 68.7 cm³/mol. The first-order valence-corrected chi connectivity index (χ1v) is 6.14. The minimum atomic E-state index is -0.478. The first-order chi connectivity index (χ1) is 8.33. The molecule has 98 valence electrons.